The average Bonchev–Trinajstić information content (AvgIpc) is 2.75. The van der Waals surface area contributed by atoms with Crippen LogP contribution >= 0.6 is 0 Å². The smallest absolute Gasteiger partial charge is 0.413 e. The van der Waals surface area contributed by atoms with E-state index in [0.29, 0.717) is 11.1 Å². The summed E-state index contributed by atoms with van der Waals surface area (Å²) in [5, 5.41) is 12.7. The Labute approximate surface area is 171 Å². The van der Waals surface area contributed by atoms with Crippen molar-refractivity contribution >= 4 is 23.9 Å². The fourth-order valence-corrected chi connectivity index (χ4v) is 2.32. The molecule has 0 saturated carbocycles. The number of amidine groups is 1. The molecule has 5 N–H and O–H groups in total. The molecule has 1 atom stereocenters. The zero-order valence-electron chi connectivity index (χ0n) is 15.9. The van der Waals surface area contributed by atoms with Gasteiger partial charge in [0.15, 0.2) is 0 Å². The second-order valence-electron chi connectivity index (χ2n) is 6.06. The summed E-state index contributed by atoms with van der Waals surface area (Å²) in [7, 11) is 0. The summed E-state index contributed by atoms with van der Waals surface area (Å²) in [5.41, 5.74) is 6.66. The number of primary amides is 1. The van der Waals surface area contributed by atoms with E-state index in [0.717, 1.165) is 5.56 Å². The first-order valence-corrected chi connectivity index (χ1v) is 8.84. The molecule has 0 fully saturated rings. The molecule has 0 bridgehead atoms. The highest BCUT2D eigenvalue weighted by Crippen LogP contribution is 2.06. The Hall–Kier alpha value is -3.95. The van der Waals surface area contributed by atoms with E-state index in [1.165, 1.54) is 0 Å². The minimum atomic E-state index is -1.61. The lowest BCUT2D eigenvalue weighted by Gasteiger charge is -2.13. The van der Waals surface area contributed by atoms with E-state index in [9.17, 15) is 18.8 Å². The minimum Gasteiger partial charge on any atom is -0.444 e. The summed E-state index contributed by atoms with van der Waals surface area (Å²) < 4.78 is 22.1. The third-order valence-electron chi connectivity index (χ3n) is 3.84. The molecule has 9 nitrogen and oxygen atoms in total. The van der Waals surface area contributed by atoms with Gasteiger partial charge < -0.3 is 20.5 Å². The maximum absolute atomic E-state index is 12.7. The predicted octanol–water partition coefficient (Wildman–Crippen LogP) is 1.99. The normalized spacial score (nSPS) is 11.1. The molecule has 3 amide bonds. The summed E-state index contributed by atoms with van der Waals surface area (Å²) >= 11 is 0. The van der Waals surface area contributed by atoms with Crippen molar-refractivity contribution in [2.24, 2.45) is 5.73 Å². The zero-order valence-corrected chi connectivity index (χ0v) is 15.9. The highest BCUT2D eigenvalue weighted by atomic mass is 19.1. The quantitative estimate of drug-likeness (QED) is 0.384. The maximum Gasteiger partial charge on any atom is 0.413 e. The van der Waals surface area contributed by atoms with Crippen LogP contribution in [-0.4, -0.2) is 36.7 Å². The number of alkyl halides is 1. The number of ether oxygens (including phenoxy) is 2. The molecule has 158 valence electrons. The van der Waals surface area contributed by atoms with Crippen LogP contribution in [0, 0.1) is 5.41 Å². The fourth-order valence-electron chi connectivity index (χ4n) is 2.32. The number of hydrogen-bond acceptors (Lipinski definition) is 6. The lowest BCUT2D eigenvalue weighted by molar-refractivity contribution is -0.130. The Morgan fingerprint density at radius 3 is 2.30 bits per heavy atom. The van der Waals surface area contributed by atoms with Crippen LogP contribution in [0.1, 0.15) is 16.7 Å². The highest BCUT2D eigenvalue weighted by molar-refractivity contribution is 6.04. The highest BCUT2D eigenvalue weighted by Gasteiger charge is 2.21. The molecule has 0 aliphatic rings. The Morgan fingerprint density at radius 2 is 1.70 bits per heavy atom. The van der Waals surface area contributed by atoms with Crippen LogP contribution in [0.2, 0.25) is 0 Å². The fraction of sp³-hybridized carbons (Fsp3) is 0.200. The largest absolute Gasteiger partial charge is 0.444 e. The third kappa shape index (κ3) is 7.23. The van der Waals surface area contributed by atoms with Gasteiger partial charge in [-0.2, -0.15) is 0 Å². The van der Waals surface area contributed by atoms with Gasteiger partial charge in [0.1, 0.15) is 19.1 Å². The zero-order chi connectivity index (χ0) is 21.9. The first-order valence-electron chi connectivity index (χ1n) is 8.84. The number of carbonyl (C=O) groups is 3. The van der Waals surface area contributed by atoms with Gasteiger partial charge in [0.2, 0.25) is 6.10 Å². The third-order valence-corrected chi connectivity index (χ3v) is 3.84. The van der Waals surface area contributed by atoms with Crippen molar-refractivity contribution in [1.82, 2.24) is 10.6 Å². The van der Waals surface area contributed by atoms with Crippen LogP contribution in [0.25, 0.3) is 0 Å². The number of nitrogens with two attached hydrogens (primary N) is 1. The first-order chi connectivity index (χ1) is 14.4. The molecule has 2 aromatic carbocycles. The van der Waals surface area contributed by atoms with Crippen molar-refractivity contribution in [3.63, 3.8) is 0 Å². The van der Waals surface area contributed by atoms with Crippen LogP contribution in [-0.2, 0) is 27.4 Å². The van der Waals surface area contributed by atoms with E-state index >= 15 is 0 Å². The monoisotopic (exact) mass is 416 g/mol. The molecule has 2 aromatic rings. The van der Waals surface area contributed by atoms with E-state index < -0.39 is 30.9 Å². The number of nitrogens with one attached hydrogen (secondary N) is 3. The van der Waals surface area contributed by atoms with Crippen LogP contribution in [0.3, 0.4) is 0 Å². The van der Waals surface area contributed by atoms with Gasteiger partial charge in [-0.1, -0.05) is 54.6 Å². The number of benzene rings is 2. The van der Waals surface area contributed by atoms with Gasteiger partial charge in [-0.15, -0.1) is 0 Å². The SMILES string of the molecule is N=C(NC(=O)OCc1ccccc1)c1ccc(CNC(=O)C(CF)OC(N)=O)cc1. The van der Waals surface area contributed by atoms with Crippen molar-refractivity contribution < 1.29 is 28.2 Å². The molecule has 0 saturated heterocycles. The first kappa shape index (κ1) is 22.3. The molecule has 0 aromatic heterocycles. The van der Waals surface area contributed by atoms with E-state index in [4.69, 9.17) is 15.9 Å². The summed E-state index contributed by atoms with van der Waals surface area (Å²) in [6.45, 7) is -1.08. The topological polar surface area (TPSA) is 144 Å². The summed E-state index contributed by atoms with van der Waals surface area (Å²) in [4.78, 5) is 34.2. The number of hydrogen-bond donors (Lipinski definition) is 4. The van der Waals surface area contributed by atoms with Gasteiger partial charge in [-0.3, -0.25) is 15.5 Å². The van der Waals surface area contributed by atoms with Gasteiger partial charge in [-0.25, -0.2) is 14.0 Å². The molecule has 0 aliphatic heterocycles. The summed E-state index contributed by atoms with van der Waals surface area (Å²) in [6.07, 6.45) is -3.61. The molecule has 0 aliphatic carbocycles. The van der Waals surface area contributed by atoms with Crippen LogP contribution in [0.15, 0.2) is 54.6 Å². The molecule has 0 spiro atoms. The van der Waals surface area contributed by atoms with E-state index in [2.05, 4.69) is 15.4 Å². The van der Waals surface area contributed by atoms with Gasteiger partial charge >= 0.3 is 12.2 Å². The van der Waals surface area contributed by atoms with Crippen molar-refractivity contribution in [2.45, 2.75) is 19.3 Å². The Balaban J connectivity index is 1.81. The molecule has 30 heavy (non-hydrogen) atoms. The number of amides is 3. The minimum absolute atomic E-state index is 0.0393. The summed E-state index contributed by atoms with van der Waals surface area (Å²) in [6, 6.07) is 15.5. The number of rotatable bonds is 8. The molecular formula is C20H21FN4O5. The van der Waals surface area contributed by atoms with Gasteiger partial charge in [0.05, 0.1) is 0 Å². The van der Waals surface area contributed by atoms with Crippen LogP contribution < -0.4 is 16.4 Å². The second-order valence-corrected chi connectivity index (χ2v) is 6.06. The standard InChI is InChI=1S/C20H21FN4O5/c21-10-16(30-19(23)27)18(26)24-11-13-6-8-15(9-7-13)17(22)25-20(28)29-12-14-4-2-1-3-5-14/h1-9,16H,10-12H2,(H2,23,27)(H,24,26)(H2,22,25,28). The molecule has 1 unspecified atom stereocenters. The second kappa shape index (κ2) is 11.1. The van der Waals surface area contributed by atoms with Gasteiger partial charge in [-0.05, 0) is 11.1 Å². The van der Waals surface area contributed by atoms with Crippen LogP contribution in [0.4, 0.5) is 14.0 Å². The van der Waals surface area contributed by atoms with Gasteiger partial charge in [0.25, 0.3) is 5.91 Å². The van der Waals surface area contributed by atoms with Crippen molar-refractivity contribution in [3.05, 3.63) is 71.3 Å². The Kier molecular flexibility index (Phi) is 8.30. The molecule has 0 radical (unpaired) electrons. The molecule has 0 heterocycles. The number of carbonyl (C=O) groups excluding carboxylic acids is 3. The van der Waals surface area contributed by atoms with Crippen LogP contribution in [0.5, 0.6) is 0 Å². The molecular weight excluding hydrogens is 395 g/mol. The number of halogens is 1. The Morgan fingerprint density at radius 1 is 1.03 bits per heavy atom. The predicted molar refractivity (Wildman–Crippen MR) is 105 cm³/mol. The maximum atomic E-state index is 12.7. The lowest BCUT2D eigenvalue weighted by atomic mass is 10.1. The lowest BCUT2D eigenvalue weighted by Crippen LogP contribution is -2.40. The van der Waals surface area contributed by atoms with Crippen molar-refractivity contribution in [3.8, 4) is 0 Å². The van der Waals surface area contributed by atoms with E-state index in [1.54, 1.807) is 24.3 Å². The average molecular weight is 416 g/mol. The van der Waals surface area contributed by atoms with E-state index in [1.807, 2.05) is 30.3 Å². The molecule has 2 rings (SSSR count). The number of alkyl carbamates (subject to hydrolysis) is 1. The van der Waals surface area contributed by atoms with Crippen molar-refractivity contribution in [1.29, 1.82) is 5.41 Å². The Bertz CT molecular complexity index is 890. The summed E-state index contributed by atoms with van der Waals surface area (Å²) in [5.74, 6) is -0.980. The van der Waals surface area contributed by atoms with Crippen molar-refractivity contribution in [2.75, 3.05) is 6.67 Å². The molecule has 10 heteroatoms. The van der Waals surface area contributed by atoms with E-state index in [-0.39, 0.29) is 19.0 Å². The van der Waals surface area contributed by atoms with Gasteiger partial charge in [0, 0.05) is 12.1 Å².